The van der Waals surface area contributed by atoms with Gasteiger partial charge in [0.2, 0.25) is 0 Å². The van der Waals surface area contributed by atoms with Gasteiger partial charge in [0.1, 0.15) is 12.0 Å². The number of nitrogens with zero attached hydrogens (tertiary/aromatic N) is 2. The largest absolute Gasteiger partial charge is 0.508 e. The summed E-state index contributed by atoms with van der Waals surface area (Å²) in [6.45, 7) is 1.77. The highest BCUT2D eigenvalue weighted by Gasteiger charge is 2.28. The summed E-state index contributed by atoms with van der Waals surface area (Å²) in [5, 5.41) is 14.9. The minimum atomic E-state index is -0.227. The topological polar surface area (TPSA) is 70.0 Å². The van der Waals surface area contributed by atoms with Gasteiger partial charge >= 0.3 is 0 Å². The zero-order valence-electron chi connectivity index (χ0n) is 12.4. The summed E-state index contributed by atoms with van der Waals surface area (Å²) in [6, 6.07) is 13.2. The molecule has 2 aromatic carbocycles. The summed E-state index contributed by atoms with van der Waals surface area (Å²) in [7, 11) is 0. The molecule has 1 aliphatic rings. The van der Waals surface area contributed by atoms with Gasteiger partial charge in [-0.2, -0.15) is 10.1 Å². The molecule has 1 heterocycles. The Kier molecular flexibility index (Phi) is 3.76. The van der Waals surface area contributed by atoms with E-state index in [1.54, 1.807) is 61.5 Å². The van der Waals surface area contributed by atoms with Crippen LogP contribution in [-0.2, 0) is 4.79 Å². The highest BCUT2D eigenvalue weighted by Crippen LogP contribution is 2.25. The van der Waals surface area contributed by atoms with Crippen LogP contribution in [0.3, 0.4) is 0 Å². The minimum Gasteiger partial charge on any atom is -0.508 e. The van der Waals surface area contributed by atoms with Gasteiger partial charge in [0.05, 0.1) is 17.0 Å². The van der Waals surface area contributed by atoms with E-state index in [4.69, 9.17) is 0 Å². The number of aromatic hydroxyl groups is 1. The Hall–Kier alpha value is -3.21. The van der Waals surface area contributed by atoms with Gasteiger partial charge in [-0.3, -0.25) is 9.59 Å². The molecule has 5 heteroatoms. The number of phenolic OH excluding ortho intramolecular Hbond substituents is 1. The predicted molar refractivity (Wildman–Crippen MR) is 88.5 cm³/mol. The molecule has 0 saturated carbocycles. The molecule has 0 spiro atoms. The number of phenols is 1. The molecular formula is C18H14N2O3. The first-order valence-electron chi connectivity index (χ1n) is 7.04. The van der Waals surface area contributed by atoms with E-state index in [2.05, 4.69) is 5.10 Å². The molecule has 0 radical (unpaired) electrons. The van der Waals surface area contributed by atoms with E-state index < -0.39 is 0 Å². The van der Waals surface area contributed by atoms with Crippen molar-refractivity contribution in [3.05, 3.63) is 65.2 Å². The first-order valence-corrected chi connectivity index (χ1v) is 7.04. The van der Waals surface area contributed by atoms with Gasteiger partial charge in [-0.1, -0.05) is 12.1 Å². The standard InChI is InChI=1S/C18H14N2O3/c1-12-17(10-13-4-8-16(22)9-5-13)18(23)20(19-12)15-6-2-14(11-21)3-7-15/h2-11,22H,1H3/b17-10+. The lowest BCUT2D eigenvalue weighted by molar-refractivity contribution is -0.114. The van der Waals surface area contributed by atoms with Crippen LogP contribution in [-0.4, -0.2) is 23.0 Å². The lowest BCUT2D eigenvalue weighted by Gasteiger charge is -2.11. The summed E-state index contributed by atoms with van der Waals surface area (Å²) >= 11 is 0. The molecule has 0 saturated heterocycles. The van der Waals surface area contributed by atoms with Crippen LogP contribution in [0, 0.1) is 0 Å². The zero-order chi connectivity index (χ0) is 16.4. The fourth-order valence-electron chi connectivity index (χ4n) is 2.29. The van der Waals surface area contributed by atoms with E-state index in [-0.39, 0.29) is 11.7 Å². The van der Waals surface area contributed by atoms with E-state index in [1.807, 2.05) is 0 Å². The number of carbonyl (C=O) groups excluding carboxylic acids is 2. The van der Waals surface area contributed by atoms with E-state index in [0.717, 1.165) is 11.8 Å². The minimum absolute atomic E-state index is 0.173. The average molecular weight is 306 g/mol. The van der Waals surface area contributed by atoms with Gasteiger partial charge in [-0.15, -0.1) is 0 Å². The second kappa shape index (κ2) is 5.88. The molecule has 1 aliphatic heterocycles. The molecule has 0 unspecified atom stereocenters. The molecule has 23 heavy (non-hydrogen) atoms. The molecule has 0 fully saturated rings. The van der Waals surface area contributed by atoms with E-state index >= 15 is 0 Å². The lowest BCUT2D eigenvalue weighted by Crippen LogP contribution is -2.21. The fourth-order valence-corrected chi connectivity index (χ4v) is 2.29. The third kappa shape index (κ3) is 2.89. The highest BCUT2D eigenvalue weighted by atomic mass is 16.3. The van der Waals surface area contributed by atoms with Crippen molar-refractivity contribution in [2.24, 2.45) is 5.10 Å². The Morgan fingerprint density at radius 1 is 1.00 bits per heavy atom. The van der Waals surface area contributed by atoms with E-state index in [9.17, 15) is 14.7 Å². The Labute approximate surface area is 133 Å². The Morgan fingerprint density at radius 2 is 1.61 bits per heavy atom. The second-order valence-corrected chi connectivity index (χ2v) is 5.16. The lowest BCUT2D eigenvalue weighted by atomic mass is 10.1. The molecule has 5 nitrogen and oxygen atoms in total. The summed E-state index contributed by atoms with van der Waals surface area (Å²) in [4.78, 5) is 23.3. The van der Waals surface area contributed by atoms with Gasteiger partial charge in [0.15, 0.2) is 0 Å². The first-order chi connectivity index (χ1) is 11.1. The Bertz CT molecular complexity index is 818. The van der Waals surface area contributed by atoms with Gasteiger partial charge in [-0.05, 0) is 55.0 Å². The monoisotopic (exact) mass is 306 g/mol. The number of amides is 1. The number of rotatable bonds is 3. The van der Waals surface area contributed by atoms with Crippen molar-refractivity contribution in [1.82, 2.24) is 0 Å². The number of hydrazone groups is 1. The number of aldehydes is 1. The van der Waals surface area contributed by atoms with Crippen LogP contribution in [0.25, 0.3) is 6.08 Å². The van der Waals surface area contributed by atoms with Crippen LogP contribution in [0.1, 0.15) is 22.8 Å². The molecule has 0 bridgehead atoms. The van der Waals surface area contributed by atoms with Crippen molar-refractivity contribution in [2.75, 3.05) is 5.01 Å². The maximum atomic E-state index is 12.6. The third-order valence-electron chi connectivity index (χ3n) is 3.54. The molecule has 0 aromatic heterocycles. The molecule has 1 amide bonds. The van der Waals surface area contributed by atoms with Gasteiger partial charge in [0.25, 0.3) is 5.91 Å². The molecular weight excluding hydrogens is 292 g/mol. The molecule has 3 rings (SSSR count). The quantitative estimate of drug-likeness (QED) is 0.700. The zero-order valence-corrected chi connectivity index (χ0v) is 12.4. The molecule has 0 aliphatic carbocycles. The van der Waals surface area contributed by atoms with Crippen LogP contribution in [0.5, 0.6) is 5.75 Å². The van der Waals surface area contributed by atoms with Crippen LogP contribution < -0.4 is 5.01 Å². The maximum absolute atomic E-state index is 12.6. The second-order valence-electron chi connectivity index (χ2n) is 5.16. The van der Waals surface area contributed by atoms with Crippen LogP contribution >= 0.6 is 0 Å². The van der Waals surface area contributed by atoms with Crippen molar-refractivity contribution in [2.45, 2.75) is 6.92 Å². The highest BCUT2D eigenvalue weighted by molar-refractivity contribution is 6.32. The van der Waals surface area contributed by atoms with Crippen molar-refractivity contribution in [3.8, 4) is 5.75 Å². The Morgan fingerprint density at radius 3 is 2.22 bits per heavy atom. The number of hydrogen-bond acceptors (Lipinski definition) is 4. The van der Waals surface area contributed by atoms with Crippen molar-refractivity contribution >= 4 is 29.7 Å². The first kappa shape index (κ1) is 14.7. The summed E-state index contributed by atoms with van der Waals surface area (Å²) < 4.78 is 0. The summed E-state index contributed by atoms with van der Waals surface area (Å²) in [5.74, 6) is -0.0541. The SMILES string of the molecule is CC1=NN(c2ccc(C=O)cc2)C(=O)/C1=C/c1ccc(O)cc1. The molecule has 2 aromatic rings. The normalized spacial score (nSPS) is 15.9. The van der Waals surface area contributed by atoms with Crippen molar-refractivity contribution in [1.29, 1.82) is 0 Å². The third-order valence-corrected chi connectivity index (χ3v) is 3.54. The van der Waals surface area contributed by atoms with Crippen molar-refractivity contribution < 1.29 is 14.7 Å². The van der Waals surface area contributed by atoms with Gasteiger partial charge < -0.3 is 5.11 Å². The number of carbonyl (C=O) groups is 2. The molecule has 0 atom stereocenters. The van der Waals surface area contributed by atoms with Crippen LogP contribution in [0.4, 0.5) is 5.69 Å². The summed E-state index contributed by atoms with van der Waals surface area (Å²) in [6.07, 6.45) is 2.49. The number of hydrogen-bond donors (Lipinski definition) is 1. The average Bonchev–Trinajstić information content (AvgIpc) is 2.85. The molecule has 1 N–H and O–H groups in total. The van der Waals surface area contributed by atoms with E-state index in [1.165, 1.54) is 5.01 Å². The van der Waals surface area contributed by atoms with Gasteiger partial charge in [0, 0.05) is 5.56 Å². The molecule has 114 valence electrons. The predicted octanol–water partition coefficient (Wildman–Crippen LogP) is 3.01. The van der Waals surface area contributed by atoms with Crippen LogP contribution in [0.2, 0.25) is 0 Å². The van der Waals surface area contributed by atoms with E-state index in [0.29, 0.717) is 22.5 Å². The summed E-state index contributed by atoms with van der Waals surface area (Å²) in [5.41, 5.74) is 3.06. The fraction of sp³-hybridized carbons (Fsp3) is 0.0556. The maximum Gasteiger partial charge on any atom is 0.280 e. The number of anilines is 1. The number of benzene rings is 2. The Balaban J connectivity index is 1.91. The smallest absolute Gasteiger partial charge is 0.280 e. The van der Waals surface area contributed by atoms with Crippen molar-refractivity contribution in [3.63, 3.8) is 0 Å². The van der Waals surface area contributed by atoms with Crippen LogP contribution in [0.15, 0.2) is 59.2 Å². The van der Waals surface area contributed by atoms with Gasteiger partial charge in [-0.25, -0.2) is 0 Å².